The van der Waals surface area contributed by atoms with Crippen molar-refractivity contribution in [3.05, 3.63) is 59.7 Å². The van der Waals surface area contributed by atoms with Gasteiger partial charge in [-0.2, -0.15) is 0 Å². The molecule has 2 aromatic rings. The molecule has 2 rings (SSSR count). The summed E-state index contributed by atoms with van der Waals surface area (Å²) in [6, 6.07) is 8.17. The van der Waals surface area contributed by atoms with Crippen LogP contribution in [0.5, 0.6) is 0 Å². The minimum Gasteiger partial charge on any atom is -0.351 e. The quantitative estimate of drug-likeness (QED) is 0.906. The summed E-state index contributed by atoms with van der Waals surface area (Å²) >= 11 is 0. The fourth-order valence-corrected chi connectivity index (χ4v) is 2.11. The molecule has 0 aliphatic carbocycles. The fourth-order valence-electron chi connectivity index (χ4n) is 2.11. The van der Waals surface area contributed by atoms with Crippen molar-refractivity contribution in [2.45, 2.75) is 32.7 Å². The molecular weight excluding hydrogens is 309 g/mol. The van der Waals surface area contributed by atoms with E-state index in [1.165, 1.54) is 12.3 Å². The van der Waals surface area contributed by atoms with Crippen molar-refractivity contribution in [3.63, 3.8) is 0 Å². The van der Waals surface area contributed by atoms with Gasteiger partial charge in [0, 0.05) is 17.4 Å². The zero-order valence-corrected chi connectivity index (χ0v) is 13.9. The Morgan fingerprint density at radius 1 is 1.12 bits per heavy atom. The maximum Gasteiger partial charge on any atom is 0.258 e. The number of nitrogens with one attached hydrogen (secondary N) is 2. The predicted molar refractivity (Wildman–Crippen MR) is 90.2 cm³/mol. The Kier molecular flexibility index (Phi) is 5.28. The van der Waals surface area contributed by atoms with E-state index in [0.717, 1.165) is 11.8 Å². The Bertz CT molecular complexity index is 737. The zero-order valence-electron chi connectivity index (χ0n) is 13.9. The molecule has 0 aliphatic heterocycles. The maximum atomic E-state index is 13.5. The average molecular weight is 329 g/mol. The second kappa shape index (κ2) is 7.21. The monoisotopic (exact) mass is 329 g/mol. The van der Waals surface area contributed by atoms with E-state index in [1.54, 1.807) is 24.3 Å². The van der Waals surface area contributed by atoms with Gasteiger partial charge in [-0.3, -0.25) is 14.6 Å². The summed E-state index contributed by atoms with van der Waals surface area (Å²) < 4.78 is 13.5. The van der Waals surface area contributed by atoms with Crippen LogP contribution in [0.25, 0.3) is 0 Å². The Hall–Kier alpha value is -2.76. The van der Waals surface area contributed by atoms with Crippen molar-refractivity contribution in [3.8, 4) is 0 Å². The molecule has 0 fully saturated rings. The lowest BCUT2D eigenvalue weighted by Crippen LogP contribution is -2.41. The molecule has 0 atom stereocenters. The third-order valence-electron chi connectivity index (χ3n) is 3.11. The summed E-state index contributed by atoms with van der Waals surface area (Å²) in [4.78, 5) is 27.5. The van der Waals surface area contributed by atoms with Crippen LogP contribution in [0.3, 0.4) is 0 Å². The lowest BCUT2D eigenvalue weighted by atomic mass is 10.1. The molecule has 1 heterocycles. The van der Waals surface area contributed by atoms with Crippen LogP contribution < -0.4 is 10.6 Å². The number of benzene rings is 1. The van der Waals surface area contributed by atoms with Crippen molar-refractivity contribution < 1.29 is 14.0 Å². The highest BCUT2D eigenvalue weighted by molar-refractivity contribution is 6.04. The highest BCUT2D eigenvalue weighted by Gasteiger charge is 2.14. The molecule has 5 nitrogen and oxygen atoms in total. The first-order chi connectivity index (χ1) is 11.2. The number of anilines is 1. The third kappa shape index (κ3) is 5.15. The van der Waals surface area contributed by atoms with E-state index in [2.05, 4.69) is 15.6 Å². The van der Waals surface area contributed by atoms with Crippen LogP contribution in [-0.2, 0) is 11.2 Å². The Balaban J connectivity index is 1.98. The van der Waals surface area contributed by atoms with Crippen LogP contribution in [0.15, 0.2) is 42.7 Å². The number of nitrogens with zero attached hydrogens (tertiary/aromatic N) is 1. The second-order valence-corrected chi connectivity index (χ2v) is 6.48. The van der Waals surface area contributed by atoms with E-state index in [4.69, 9.17) is 0 Å². The molecule has 126 valence electrons. The molecule has 1 aromatic carbocycles. The molecule has 0 bridgehead atoms. The topological polar surface area (TPSA) is 71.1 Å². The minimum absolute atomic E-state index is 0.0707. The van der Waals surface area contributed by atoms with Crippen LogP contribution >= 0.6 is 0 Å². The van der Waals surface area contributed by atoms with Crippen molar-refractivity contribution >= 4 is 17.5 Å². The third-order valence-corrected chi connectivity index (χ3v) is 3.11. The molecule has 24 heavy (non-hydrogen) atoms. The van der Waals surface area contributed by atoms with Crippen LogP contribution in [0.2, 0.25) is 0 Å². The normalized spacial score (nSPS) is 11.0. The van der Waals surface area contributed by atoms with E-state index in [-0.39, 0.29) is 23.4 Å². The van der Waals surface area contributed by atoms with Gasteiger partial charge in [-0.15, -0.1) is 0 Å². The molecular formula is C18H20FN3O2. The molecule has 2 N–H and O–H groups in total. The summed E-state index contributed by atoms with van der Waals surface area (Å²) in [6.45, 7) is 5.76. The van der Waals surface area contributed by atoms with Crippen LogP contribution in [-0.4, -0.2) is 22.3 Å². The van der Waals surface area contributed by atoms with Gasteiger partial charge in [0.2, 0.25) is 5.91 Å². The summed E-state index contributed by atoms with van der Waals surface area (Å²) in [5, 5.41) is 5.50. The molecule has 2 amide bonds. The molecule has 0 saturated carbocycles. The molecule has 0 aliphatic rings. The van der Waals surface area contributed by atoms with Gasteiger partial charge in [-0.25, -0.2) is 4.39 Å². The number of halogens is 1. The summed E-state index contributed by atoms with van der Waals surface area (Å²) in [6.07, 6.45) is 2.60. The number of hydrogen-bond donors (Lipinski definition) is 2. The molecule has 6 heteroatoms. The van der Waals surface area contributed by atoms with Gasteiger partial charge in [0.15, 0.2) is 5.82 Å². The lowest BCUT2D eigenvalue weighted by molar-refractivity contribution is -0.121. The van der Waals surface area contributed by atoms with Crippen LogP contribution in [0, 0.1) is 5.82 Å². The highest BCUT2D eigenvalue weighted by Crippen LogP contribution is 2.13. The van der Waals surface area contributed by atoms with E-state index in [9.17, 15) is 14.0 Å². The molecule has 0 unspecified atom stereocenters. The van der Waals surface area contributed by atoms with E-state index < -0.39 is 11.7 Å². The molecule has 0 radical (unpaired) electrons. The van der Waals surface area contributed by atoms with Crippen molar-refractivity contribution in [1.82, 2.24) is 10.3 Å². The number of carbonyl (C=O) groups is 2. The van der Waals surface area contributed by atoms with Gasteiger partial charge < -0.3 is 10.6 Å². The average Bonchev–Trinajstić information content (AvgIpc) is 2.47. The first-order valence-corrected chi connectivity index (χ1v) is 7.55. The molecule has 1 aromatic heterocycles. The second-order valence-electron chi connectivity index (χ2n) is 6.48. The number of hydrogen-bond acceptors (Lipinski definition) is 3. The first-order valence-electron chi connectivity index (χ1n) is 7.55. The van der Waals surface area contributed by atoms with Gasteiger partial charge in [-0.05, 0) is 44.5 Å². The minimum atomic E-state index is -0.675. The van der Waals surface area contributed by atoms with Crippen LogP contribution in [0.1, 0.15) is 36.7 Å². The Morgan fingerprint density at radius 2 is 1.79 bits per heavy atom. The number of carbonyl (C=O) groups excluding carboxylic acids is 2. The summed E-state index contributed by atoms with van der Waals surface area (Å²) in [5.41, 5.74) is 0.999. The maximum absolute atomic E-state index is 13.5. The van der Waals surface area contributed by atoms with Crippen molar-refractivity contribution in [2.75, 3.05) is 5.32 Å². The van der Waals surface area contributed by atoms with E-state index in [0.29, 0.717) is 5.69 Å². The highest BCUT2D eigenvalue weighted by atomic mass is 19.1. The smallest absolute Gasteiger partial charge is 0.258 e. The first kappa shape index (κ1) is 17.6. The summed E-state index contributed by atoms with van der Waals surface area (Å²) in [7, 11) is 0. The predicted octanol–water partition coefficient (Wildman–Crippen LogP) is 2.93. The standard InChI is InChI=1S/C18H20FN3O2/c1-18(2,3)22-16(23)10-12-4-6-13(7-5-12)21-17(24)14-8-9-20-11-15(14)19/h4-9,11H,10H2,1-3H3,(H,21,24)(H,22,23). The van der Waals surface area contributed by atoms with Crippen LogP contribution in [0.4, 0.5) is 10.1 Å². The van der Waals surface area contributed by atoms with Gasteiger partial charge in [0.25, 0.3) is 5.91 Å². The SMILES string of the molecule is CC(C)(C)NC(=O)Cc1ccc(NC(=O)c2ccncc2F)cc1. The van der Waals surface area contributed by atoms with E-state index >= 15 is 0 Å². The fraction of sp³-hybridized carbons (Fsp3) is 0.278. The van der Waals surface area contributed by atoms with Gasteiger partial charge in [-0.1, -0.05) is 12.1 Å². The lowest BCUT2D eigenvalue weighted by Gasteiger charge is -2.20. The van der Waals surface area contributed by atoms with Gasteiger partial charge in [0.05, 0.1) is 18.2 Å². The molecule has 0 spiro atoms. The Morgan fingerprint density at radius 3 is 2.38 bits per heavy atom. The number of amides is 2. The summed E-state index contributed by atoms with van der Waals surface area (Å²) in [5.74, 6) is -1.29. The number of aromatic nitrogens is 1. The number of pyridine rings is 1. The Labute approximate surface area is 140 Å². The van der Waals surface area contributed by atoms with E-state index in [1.807, 2.05) is 20.8 Å². The van der Waals surface area contributed by atoms with Crippen molar-refractivity contribution in [1.29, 1.82) is 0 Å². The molecule has 0 saturated heterocycles. The number of rotatable bonds is 4. The van der Waals surface area contributed by atoms with Crippen molar-refractivity contribution in [2.24, 2.45) is 0 Å². The zero-order chi connectivity index (χ0) is 17.7. The van der Waals surface area contributed by atoms with Gasteiger partial charge in [0.1, 0.15) is 0 Å². The largest absolute Gasteiger partial charge is 0.351 e. The van der Waals surface area contributed by atoms with Gasteiger partial charge >= 0.3 is 0 Å².